The third kappa shape index (κ3) is 6.05. The monoisotopic (exact) mass is 532 g/mol. The minimum absolute atomic E-state index is 0.0284. The molecule has 0 radical (unpaired) electrons. The van der Waals surface area contributed by atoms with Crippen molar-refractivity contribution in [3.63, 3.8) is 0 Å². The number of fused-ring (bicyclic) bond motifs is 1. The Morgan fingerprint density at radius 3 is 2.54 bits per heavy atom. The van der Waals surface area contributed by atoms with Gasteiger partial charge in [-0.3, -0.25) is 9.59 Å². The van der Waals surface area contributed by atoms with Crippen LogP contribution in [0.1, 0.15) is 41.5 Å². The van der Waals surface area contributed by atoms with E-state index in [0.29, 0.717) is 28.7 Å². The lowest BCUT2D eigenvalue weighted by Crippen LogP contribution is -2.48. The molecule has 2 heterocycles. The van der Waals surface area contributed by atoms with E-state index in [9.17, 15) is 14.0 Å². The van der Waals surface area contributed by atoms with E-state index in [4.69, 9.17) is 23.2 Å². The first-order valence-corrected chi connectivity index (χ1v) is 13.2. The van der Waals surface area contributed by atoms with Crippen LogP contribution in [0.25, 0.3) is 0 Å². The molecule has 2 amide bonds. The van der Waals surface area contributed by atoms with Gasteiger partial charge in [0.2, 0.25) is 11.8 Å². The van der Waals surface area contributed by atoms with Crippen molar-refractivity contribution in [2.45, 2.75) is 32.7 Å². The first-order chi connectivity index (χ1) is 16.7. The maximum atomic E-state index is 13.7. The molecular formula is C27H27Cl2FN2O2S. The molecule has 35 heavy (non-hydrogen) atoms. The van der Waals surface area contributed by atoms with Crippen molar-refractivity contribution in [3.8, 4) is 0 Å². The second-order valence-electron chi connectivity index (χ2n) is 9.18. The summed E-state index contributed by atoms with van der Waals surface area (Å²) in [6, 6.07) is 12.9. The molecule has 1 unspecified atom stereocenters. The molecule has 4 nitrogen and oxygen atoms in total. The zero-order valence-corrected chi connectivity index (χ0v) is 22.0. The lowest BCUT2D eigenvalue weighted by atomic mass is 9.93. The molecule has 1 aliphatic rings. The van der Waals surface area contributed by atoms with Gasteiger partial charge in [0.1, 0.15) is 5.82 Å². The summed E-state index contributed by atoms with van der Waals surface area (Å²) in [4.78, 5) is 31.5. The molecule has 3 aromatic rings. The van der Waals surface area contributed by atoms with Crippen LogP contribution in [0.2, 0.25) is 10.0 Å². The number of benzene rings is 2. The molecule has 0 saturated heterocycles. The Labute approximate surface area is 219 Å². The van der Waals surface area contributed by atoms with Crippen LogP contribution in [-0.2, 0) is 22.4 Å². The standard InChI is InChI=1S/C27H27Cl2FN2O2S/c1-17(2)15-31(25(33)13-18-3-6-20(30)7-4-18)16-26(34)32-11-9-24-22(10-12-35-24)27(32)21-8-5-19(28)14-23(21)29/h3-8,10,12,14,17,27H,9,11,13,15-16H2,1-2H3. The third-order valence-electron chi connectivity index (χ3n) is 6.08. The summed E-state index contributed by atoms with van der Waals surface area (Å²) in [7, 11) is 0. The van der Waals surface area contributed by atoms with Crippen LogP contribution in [0, 0.1) is 11.7 Å². The summed E-state index contributed by atoms with van der Waals surface area (Å²) in [5, 5.41) is 3.07. The third-order valence-corrected chi connectivity index (χ3v) is 7.64. The predicted octanol–water partition coefficient (Wildman–Crippen LogP) is 6.40. The maximum absolute atomic E-state index is 13.7. The van der Waals surface area contributed by atoms with E-state index in [1.807, 2.05) is 36.3 Å². The van der Waals surface area contributed by atoms with Crippen molar-refractivity contribution in [2.75, 3.05) is 19.6 Å². The average molecular weight is 533 g/mol. The largest absolute Gasteiger partial charge is 0.333 e. The molecular weight excluding hydrogens is 506 g/mol. The normalized spacial score (nSPS) is 15.3. The topological polar surface area (TPSA) is 40.6 Å². The van der Waals surface area contributed by atoms with Gasteiger partial charge in [-0.25, -0.2) is 4.39 Å². The minimum Gasteiger partial charge on any atom is -0.333 e. The molecule has 0 saturated carbocycles. The highest BCUT2D eigenvalue weighted by Crippen LogP contribution is 2.41. The number of rotatable bonds is 7. The molecule has 184 valence electrons. The van der Waals surface area contributed by atoms with E-state index in [2.05, 4.69) is 0 Å². The Morgan fingerprint density at radius 1 is 1.11 bits per heavy atom. The Hall–Kier alpha value is -2.41. The van der Waals surface area contributed by atoms with Gasteiger partial charge >= 0.3 is 0 Å². The first-order valence-electron chi connectivity index (χ1n) is 11.6. The highest BCUT2D eigenvalue weighted by Gasteiger charge is 2.35. The first kappa shape index (κ1) is 25.7. The van der Waals surface area contributed by atoms with Crippen LogP contribution >= 0.6 is 34.5 Å². The number of amides is 2. The zero-order valence-electron chi connectivity index (χ0n) is 19.6. The fourth-order valence-electron chi connectivity index (χ4n) is 4.48. The Morgan fingerprint density at radius 2 is 1.86 bits per heavy atom. The predicted molar refractivity (Wildman–Crippen MR) is 140 cm³/mol. The van der Waals surface area contributed by atoms with Gasteiger partial charge in [0.05, 0.1) is 19.0 Å². The van der Waals surface area contributed by atoms with Crippen LogP contribution in [0.15, 0.2) is 53.9 Å². The van der Waals surface area contributed by atoms with Crippen molar-refractivity contribution in [2.24, 2.45) is 5.92 Å². The summed E-state index contributed by atoms with van der Waals surface area (Å²) in [5.41, 5.74) is 2.59. The van der Waals surface area contributed by atoms with Gasteiger partial charge in [0.15, 0.2) is 0 Å². The molecule has 4 rings (SSSR count). The van der Waals surface area contributed by atoms with Crippen LogP contribution < -0.4 is 0 Å². The second-order valence-corrected chi connectivity index (χ2v) is 11.0. The summed E-state index contributed by atoms with van der Waals surface area (Å²) >= 11 is 14.4. The summed E-state index contributed by atoms with van der Waals surface area (Å²) in [6.07, 6.45) is 0.871. The number of halogens is 3. The molecule has 0 N–H and O–H groups in total. The van der Waals surface area contributed by atoms with E-state index in [-0.39, 0.29) is 42.6 Å². The average Bonchev–Trinajstić information content (AvgIpc) is 3.28. The Balaban J connectivity index is 1.59. The lowest BCUT2D eigenvalue weighted by molar-refractivity contribution is -0.141. The van der Waals surface area contributed by atoms with E-state index in [1.54, 1.807) is 40.5 Å². The van der Waals surface area contributed by atoms with Crippen molar-refractivity contribution in [1.29, 1.82) is 0 Å². The molecule has 2 aromatic carbocycles. The second kappa shape index (κ2) is 11.1. The van der Waals surface area contributed by atoms with Gasteiger partial charge in [0, 0.05) is 28.0 Å². The molecule has 1 aromatic heterocycles. The van der Waals surface area contributed by atoms with Gasteiger partial charge in [0.25, 0.3) is 0 Å². The molecule has 1 atom stereocenters. The number of hydrogen-bond acceptors (Lipinski definition) is 3. The van der Waals surface area contributed by atoms with Gasteiger partial charge in [-0.1, -0.05) is 55.2 Å². The number of carbonyl (C=O) groups is 2. The van der Waals surface area contributed by atoms with E-state index >= 15 is 0 Å². The number of carbonyl (C=O) groups excluding carboxylic acids is 2. The molecule has 0 fully saturated rings. The maximum Gasteiger partial charge on any atom is 0.242 e. The van der Waals surface area contributed by atoms with Gasteiger partial charge < -0.3 is 9.80 Å². The van der Waals surface area contributed by atoms with Crippen LogP contribution in [-0.4, -0.2) is 41.2 Å². The van der Waals surface area contributed by atoms with Crippen LogP contribution in [0.3, 0.4) is 0 Å². The highest BCUT2D eigenvalue weighted by molar-refractivity contribution is 7.10. The molecule has 8 heteroatoms. The van der Waals surface area contributed by atoms with E-state index in [1.165, 1.54) is 17.0 Å². The lowest BCUT2D eigenvalue weighted by Gasteiger charge is -2.38. The molecule has 0 aliphatic carbocycles. The summed E-state index contributed by atoms with van der Waals surface area (Å²) in [5.74, 6) is -0.453. The number of thiophene rings is 1. The van der Waals surface area contributed by atoms with Gasteiger partial charge in [-0.2, -0.15) is 0 Å². The van der Waals surface area contributed by atoms with Gasteiger partial charge in [-0.15, -0.1) is 11.3 Å². The fraction of sp³-hybridized carbons (Fsp3) is 0.333. The van der Waals surface area contributed by atoms with E-state index < -0.39 is 0 Å². The highest BCUT2D eigenvalue weighted by atomic mass is 35.5. The quantitative estimate of drug-likeness (QED) is 0.353. The molecule has 0 bridgehead atoms. The fourth-order valence-corrected chi connectivity index (χ4v) is 5.90. The Kier molecular flexibility index (Phi) is 8.15. The van der Waals surface area contributed by atoms with Crippen LogP contribution in [0.4, 0.5) is 4.39 Å². The SMILES string of the molecule is CC(C)CN(CC(=O)N1CCc2sccc2C1c1ccc(Cl)cc1Cl)C(=O)Cc1ccc(F)cc1. The van der Waals surface area contributed by atoms with Crippen molar-refractivity contribution >= 4 is 46.4 Å². The van der Waals surface area contributed by atoms with Crippen LogP contribution in [0.5, 0.6) is 0 Å². The van der Waals surface area contributed by atoms with E-state index in [0.717, 1.165) is 17.5 Å². The summed E-state index contributed by atoms with van der Waals surface area (Å²) < 4.78 is 13.3. The van der Waals surface area contributed by atoms with Crippen molar-refractivity contribution in [1.82, 2.24) is 9.80 Å². The minimum atomic E-state index is -0.347. The smallest absolute Gasteiger partial charge is 0.242 e. The van der Waals surface area contributed by atoms with Crippen molar-refractivity contribution in [3.05, 3.63) is 91.3 Å². The number of nitrogens with zero attached hydrogens (tertiary/aromatic N) is 2. The van der Waals surface area contributed by atoms with Crippen molar-refractivity contribution < 1.29 is 14.0 Å². The molecule has 0 spiro atoms. The zero-order chi connectivity index (χ0) is 25.1. The molecule has 1 aliphatic heterocycles. The summed E-state index contributed by atoms with van der Waals surface area (Å²) in [6.45, 7) is 4.99. The number of hydrogen-bond donors (Lipinski definition) is 0. The van der Waals surface area contributed by atoms with Gasteiger partial charge in [-0.05, 0) is 64.7 Å². The Bertz CT molecular complexity index is 1210.